The van der Waals surface area contributed by atoms with Crippen LogP contribution in [0.25, 0.3) is 0 Å². The average molecular weight is 224 g/mol. The molecule has 0 saturated heterocycles. The number of carbonyl (C=O) groups is 1. The molecule has 1 atom stereocenters. The van der Waals surface area contributed by atoms with Gasteiger partial charge in [0.25, 0.3) is 0 Å². The van der Waals surface area contributed by atoms with Gasteiger partial charge >= 0.3 is 5.97 Å². The summed E-state index contributed by atoms with van der Waals surface area (Å²) in [6.45, 7) is 0. The molecule has 0 saturated carbocycles. The van der Waals surface area contributed by atoms with Crippen molar-refractivity contribution in [3.63, 3.8) is 0 Å². The molecule has 5 heteroatoms. The van der Waals surface area contributed by atoms with Gasteiger partial charge < -0.3 is 20.8 Å². The highest BCUT2D eigenvalue weighted by molar-refractivity contribution is 5.68. The summed E-state index contributed by atoms with van der Waals surface area (Å²) >= 11 is 0. The molecular weight excluding hydrogens is 208 g/mol. The van der Waals surface area contributed by atoms with Gasteiger partial charge in [0.2, 0.25) is 0 Å². The number of hydrogen-bond acceptors (Lipinski definition) is 4. The third kappa shape index (κ3) is 2.87. The lowest BCUT2D eigenvalue weighted by Crippen LogP contribution is -2.16. The van der Waals surface area contributed by atoms with Crippen LogP contribution in [-0.2, 0) is 4.79 Å². The monoisotopic (exact) mass is 224 g/mol. The van der Waals surface area contributed by atoms with Crippen molar-refractivity contribution in [3.05, 3.63) is 23.8 Å². The van der Waals surface area contributed by atoms with E-state index in [4.69, 9.17) is 10.8 Å². The number of phenolic OH excluding ortho intramolecular Hbond substituents is 1. The lowest BCUT2D eigenvalue weighted by Gasteiger charge is -2.17. The molecule has 0 heterocycles. The van der Waals surface area contributed by atoms with Gasteiger partial charge in [-0.15, -0.1) is 0 Å². The van der Waals surface area contributed by atoms with Crippen molar-refractivity contribution < 1.29 is 15.0 Å². The second-order valence-electron chi connectivity index (χ2n) is 3.84. The molecule has 0 amide bonds. The van der Waals surface area contributed by atoms with Crippen LogP contribution >= 0.6 is 0 Å². The Kier molecular flexibility index (Phi) is 3.73. The molecule has 1 aromatic rings. The summed E-state index contributed by atoms with van der Waals surface area (Å²) in [5.74, 6) is -0.957. The largest absolute Gasteiger partial charge is 0.508 e. The molecule has 1 aromatic carbocycles. The smallest absolute Gasteiger partial charge is 0.305 e. The highest BCUT2D eigenvalue weighted by atomic mass is 16.4. The van der Waals surface area contributed by atoms with Crippen molar-refractivity contribution in [1.29, 1.82) is 0 Å². The molecule has 1 rings (SSSR count). The van der Waals surface area contributed by atoms with E-state index in [9.17, 15) is 9.90 Å². The van der Waals surface area contributed by atoms with E-state index in [-0.39, 0.29) is 12.2 Å². The molecular formula is C11H16N2O3. The summed E-state index contributed by atoms with van der Waals surface area (Å²) in [6.07, 6.45) is -0.204. The van der Waals surface area contributed by atoms with E-state index in [2.05, 4.69) is 0 Å². The van der Waals surface area contributed by atoms with E-state index >= 15 is 0 Å². The minimum atomic E-state index is -0.984. The van der Waals surface area contributed by atoms with Crippen LogP contribution in [0.5, 0.6) is 5.75 Å². The Bertz CT molecular complexity index is 391. The number of phenols is 1. The van der Waals surface area contributed by atoms with Gasteiger partial charge in [0.05, 0.1) is 6.42 Å². The summed E-state index contributed by atoms with van der Waals surface area (Å²) in [6, 6.07) is 4.26. The fraction of sp³-hybridized carbons (Fsp3) is 0.364. The first-order valence-electron chi connectivity index (χ1n) is 4.89. The highest BCUT2D eigenvalue weighted by Gasteiger charge is 2.15. The van der Waals surface area contributed by atoms with E-state index in [1.165, 1.54) is 6.07 Å². The fourth-order valence-corrected chi connectivity index (χ4v) is 1.42. The van der Waals surface area contributed by atoms with E-state index < -0.39 is 12.0 Å². The van der Waals surface area contributed by atoms with Crippen LogP contribution in [0.4, 0.5) is 5.69 Å². The molecule has 0 bridgehead atoms. The number of benzene rings is 1. The van der Waals surface area contributed by atoms with Crippen molar-refractivity contribution in [1.82, 2.24) is 0 Å². The number of anilines is 1. The van der Waals surface area contributed by atoms with Gasteiger partial charge in [-0.25, -0.2) is 0 Å². The van der Waals surface area contributed by atoms with E-state index in [0.717, 1.165) is 5.69 Å². The van der Waals surface area contributed by atoms with Crippen LogP contribution < -0.4 is 10.6 Å². The minimum absolute atomic E-state index is 0.0272. The molecule has 5 nitrogen and oxygen atoms in total. The standard InChI is InChI=1S/C11H16N2O3/c1-13(2)7-3-4-10(14)8(5-7)9(12)6-11(15)16/h3-5,9,14H,6,12H2,1-2H3,(H,15,16). The number of nitrogens with two attached hydrogens (primary N) is 1. The molecule has 88 valence electrons. The number of hydrogen-bond donors (Lipinski definition) is 3. The average Bonchev–Trinajstić information content (AvgIpc) is 2.16. The summed E-state index contributed by atoms with van der Waals surface area (Å²) in [5, 5.41) is 18.3. The van der Waals surface area contributed by atoms with Crippen LogP contribution in [0.15, 0.2) is 18.2 Å². The molecule has 0 aliphatic rings. The number of carboxylic acid groups (broad SMARTS) is 1. The molecule has 1 unspecified atom stereocenters. The lowest BCUT2D eigenvalue weighted by atomic mass is 10.0. The quantitative estimate of drug-likeness (QED) is 0.708. The third-order valence-corrected chi connectivity index (χ3v) is 2.32. The zero-order chi connectivity index (χ0) is 12.3. The van der Waals surface area contributed by atoms with Crippen molar-refractivity contribution in [3.8, 4) is 5.75 Å². The van der Waals surface area contributed by atoms with Crippen molar-refractivity contribution in [2.45, 2.75) is 12.5 Å². The Hall–Kier alpha value is -1.75. The summed E-state index contributed by atoms with van der Waals surface area (Å²) in [7, 11) is 3.72. The maximum Gasteiger partial charge on any atom is 0.305 e. The van der Waals surface area contributed by atoms with Gasteiger partial charge in [-0.05, 0) is 18.2 Å². The Morgan fingerprint density at radius 1 is 1.50 bits per heavy atom. The maximum absolute atomic E-state index is 10.5. The van der Waals surface area contributed by atoms with Gasteiger partial charge in [-0.1, -0.05) is 0 Å². The van der Waals surface area contributed by atoms with Gasteiger partial charge in [-0.3, -0.25) is 4.79 Å². The van der Waals surface area contributed by atoms with Crippen LogP contribution in [0.1, 0.15) is 18.0 Å². The van der Waals surface area contributed by atoms with Gasteiger partial charge in [0.1, 0.15) is 5.75 Å². The molecule has 0 spiro atoms. The molecule has 0 radical (unpaired) electrons. The topological polar surface area (TPSA) is 86.8 Å². The second kappa shape index (κ2) is 4.85. The van der Waals surface area contributed by atoms with Gasteiger partial charge in [-0.2, -0.15) is 0 Å². The Balaban J connectivity index is 3.01. The number of rotatable bonds is 4. The Morgan fingerprint density at radius 3 is 2.62 bits per heavy atom. The molecule has 16 heavy (non-hydrogen) atoms. The number of aromatic hydroxyl groups is 1. The molecule has 0 aliphatic carbocycles. The van der Waals surface area contributed by atoms with E-state index in [0.29, 0.717) is 5.56 Å². The number of aliphatic carboxylic acids is 1. The lowest BCUT2D eigenvalue weighted by molar-refractivity contribution is -0.137. The zero-order valence-electron chi connectivity index (χ0n) is 9.34. The fourth-order valence-electron chi connectivity index (χ4n) is 1.42. The third-order valence-electron chi connectivity index (χ3n) is 2.32. The van der Waals surface area contributed by atoms with Crippen LogP contribution in [0, 0.1) is 0 Å². The summed E-state index contributed by atoms with van der Waals surface area (Å²) in [4.78, 5) is 12.4. The number of nitrogens with zero attached hydrogens (tertiary/aromatic N) is 1. The normalized spacial score (nSPS) is 12.2. The first kappa shape index (κ1) is 12.3. The van der Waals surface area contributed by atoms with Crippen molar-refractivity contribution in [2.24, 2.45) is 5.73 Å². The number of carboxylic acids is 1. The molecule has 0 fully saturated rings. The maximum atomic E-state index is 10.5. The summed E-state index contributed by atoms with van der Waals surface area (Å²) in [5.41, 5.74) is 7.03. The van der Waals surface area contributed by atoms with Crippen LogP contribution in [-0.4, -0.2) is 30.3 Å². The second-order valence-corrected chi connectivity index (χ2v) is 3.84. The first-order chi connectivity index (χ1) is 7.41. The Morgan fingerprint density at radius 2 is 2.12 bits per heavy atom. The Labute approximate surface area is 94.1 Å². The molecule has 4 N–H and O–H groups in total. The van der Waals surface area contributed by atoms with Gasteiger partial charge in [0.15, 0.2) is 0 Å². The van der Waals surface area contributed by atoms with E-state index in [1.807, 2.05) is 19.0 Å². The van der Waals surface area contributed by atoms with Crippen molar-refractivity contribution in [2.75, 3.05) is 19.0 Å². The predicted molar refractivity (Wildman–Crippen MR) is 61.6 cm³/mol. The molecule has 0 aliphatic heterocycles. The predicted octanol–water partition coefficient (Wildman–Crippen LogP) is 0.933. The van der Waals surface area contributed by atoms with Crippen molar-refractivity contribution >= 4 is 11.7 Å². The summed E-state index contributed by atoms with van der Waals surface area (Å²) < 4.78 is 0. The van der Waals surface area contributed by atoms with Gasteiger partial charge in [0, 0.05) is 31.4 Å². The van der Waals surface area contributed by atoms with Crippen LogP contribution in [0.2, 0.25) is 0 Å². The van der Waals surface area contributed by atoms with Crippen LogP contribution in [0.3, 0.4) is 0 Å². The SMILES string of the molecule is CN(C)c1ccc(O)c(C(N)CC(=O)O)c1. The van der Waals surface area contributed by atoms with E-state index in [1.54, 1.807) is 12.1 Å². The highest BCUT2D eigenvalue weighted by Crippen LogP contribution is 2.28. The zero-order valence-corrected chi connectivity index (χ0v) is 9.34. The molecule has 0 aromatic heterocycles. The minimum Gasteiger partial charge on any atom is -0.508 e. The first-order valence-corrected chi connectivity index (χ1v) is 4.89.